The van der Waals surface area contributed by atoms with Crippen LogP contribution in [0.2, 0.25) is 0 Å². The van der Waals surface area contributed by atoms with Gasteiger partial charge in [-0.15, -0.1) is 5.10 Å². The molecule has 0 aliphatic rings. The van der Waals surface area contributed by atoms with Crippen molar-refractivity contribution in [2.75, 3.05) is 11.9 Å². The number of hydrogen-bond donors (Lipinski definition) is 0. The summed E-state index contributed by atoms with van der Waals surface area (Å²) in [6.45, 7) is 2.57. The van der Waals surface area contributed by atoms with Gasteiger partial charge in [0, 0.05) is 19.3 Å². The number of esters is 1. The Kier molecular flexibility index (Phi) is 6.11. The van der Waals surface area contributed by atoms with Crippen molar-refractivity contribution in [2.45, 2.75) is 26.5 Å². The summed E-state index contributed by atoms with van der Waals surface area (Å²) in [5.74, 6) is -0.438. The third-order valence-electron chi connectivity index (χ3n) is 4.20. The monoisotopic (exact) mass is 379 g/mol. The number of amides is 1. The van der Waals surface area contributed by atoms with Crippen molar-refractivity contribution in [3.05, 3.63) is 71.5 Å². The van der Waals surface area contributed by atoms with Crippen LogP contribution in [0.5, 0.6) is 0 Å². The number of rotatable bonds is 7. The molecule has 0 atom stereocenters. The third kappa shape index (κ3) is 4.22. The molecule has 8 nitrogen and oxygen atoms in total. The van der Waals surface area contributed by atoms with E-state index in [-0.39, 0.29) is 23.6 Å². The number of ether oxygens (including phenoxy) is 1. The van der Waals surface area contributed by atoms with Crippen LogP contribution in [-0.2, 0) is 17.9 Å². The Bertz CT molecular complexity index is 955. The Balaban J connectivity index is 1.76. The van der Waals surface area contributed by atoms with Gasteiger partial charge < -0.3 is 9.64 Å². The maximum absolute atomic E-state index is 12.9. The molecule has 0 aliphatic carbocycles. The van der Waals surface area contributed by atoms with Crippen molar-refractivity contribution >= 4 is 17.6 Å². The van der Waals surface area contributed by atoms with E-state index in [2.05, 4.69) is 15.5 Å². The van der Waals surface area contributed by atoms with E-state index in [1.165, 1.54) is 4.90 Å². The smallest absolute Gasteiger partial charge is 0.339 e. The maximum atomic E-state index is 12.9. The van der Waals surface area contributed by atoms with Crippen molar-refractivity contribution in [3.8, 4) is 0 Å². The van der Waals surface area contributed by atoms with Crippen LogP contribution in [0.25, 0.3) is 0 Å². The van der Waals surface area contributed by atoms with Crippen LogP contribution in [0.4, 0.5) is 5.69 Å². The molecule has 2 aromatic carbocycles. The van der Waals surface area contributed by atoms with Gasteiger partial charge in [0.25, 0.3) is 5.91 Å². The van der Waals surface area contributed by atoms with Crippen LogP contribution in [0.1, 0.15) is 39.9 Å². The molecule has 0 fully saturated rings. The predicted octanol–water partition coefficient (Wildman–Crippen LogP) is 2.72. The van der Waals surface area contributed by atoms with Crippen molar-refractivity contribution in [3.63, 3.8) is 0 Å². The quantitative estimate of drug-likeness (QED) is 0.586. The van der Waals surface area contributed by atoms with E-state index in [1.54, 1.807) is 36.0 Å². The Labute approximate surface area is 162 Å². The molecule has 0 N–H and O–H groups in total. The van der Waals surface area contributed by atoms with Crippen LogP contribution in [0.15, 0.2) is 54.6 Å². The summed E-state index contributed by atoms with van der Waals surface area (Å²) < 4.78 is 6.95. The van der Waals surface area contributed by atoms with Gasteiger partial charge in [-0.1, -0.05) is 37.3 Å². The highest BCUT2D eigenvalue weighted by atomic mass is 16.5. The molecule has 3 aromatic rings. The highest BCUT2D eigenvalue weighted by Gasteiger charge is 2.22. The zero-order valence-electron chi connectivity index (χ0n) is 15.8. The third-order valence-corrected chi connectivity index (χ3v) is 4.20. The number of carbonyl (C=O) groups is 2. The summed E-state index contributed by atoms with van der Waals surface area (Å²) in [5, 5.41) is 11.3. The van der Waals surface area contributed by atoms with E-state index in [0.29, 0.717) is 12.4 Å². The molecule has 1 heterocycles. The second-order valence-electron chi connectivity index (χ2n) is 6.14. The highest BCUT2D eigenvalue weighted by Crippen LogP contribution is 2.18. The van der Waals surface area contributed by atoms with Crippen LogP contribution in [0.3, 0.4) is 0 Å². The summed E-state index contributed by atoms with van der Waals surface area (Å²) in [6, 6.07) is 15.8. The number of anilines is 1. The Hall–Kier alpha value is -3.55. The molecular weight excluding hydrogens is 358 g/mol. The number of nitrogens with zero attached hydrogens (tertiary/aromatic N) is 5. The lowest BCUT2D eigenvalue weighted by molar-refractivity contribution is 0.0453. The van der Waals surface area contributed by atoms with Crippen LogP contribution in [0, 0.1) is 0 Å². The molecule has 1 aromatic heterocycles. The number of aromatic nitrogens is 4. The molecule has 28 heavy (non-hydrogen) atoms. The summed E-state index contributed by atoms with van der Waals surface area (Å²) >= 11 is 0. The molecule has 0 spiro atoms. The van der Waals surface area contributed by atoms with Crippen LogP contribution < -0.4 is 4.90 Å². The lowest BCUT2D eigenvalue weighted by Gasteiger charge is -2.18. The van der Waals surface area contributed by atoms with Gasteiger partial charge in [0.05, 0.1) is 11.1 Å². The zero-order valence-corrected chi connectivity index (χ0v) is 15.8. The van der Waals surface area contributed by atoms with Crippen LogP contribution in [-0.4, -0.2) is 39.1 Å². The minimum atomic E-state index is -0.600. The molecule has 0 aliphatic heterocycles. The molecule has 0 radical (unpaired) electrons. The molecule has 144 valence electrons. The van der Waals surface area contributed by atoms with Gasteiger partial charge in [0.2, 0.25) is 0 Å². The highest BCUT2D eigenvalue weighted by molar-refractivity contribution is 6.11. The first-order valence-electron chi connectivity index (χ1n) is 8.96. The molecule has 3 rings (SSSR count). The van der Waals surface area contributed by atoms with Gasteiger partial charge >= 0.3 is 5.97 Å². The summed E-state index contributed by atoms with van der Waals surface area (Å²) in [6.07, 6.45) is 0.856. The Morgan fingerprint density at radius 2 is 1.71 bits per heavy atom. The second-order valence-corrected chi connectivity index (χ2v) is 6.14. The lowest BCUT2D eigenvalue weighted by atomic mass is 10.1. The van der Waals surface area contributed by atoms with E-state index < -0.39 is 5.97 Å². The van der Waals surface area contributed by atoms with Crippen molar-refractivity contribution in [1.82, 2.24) is 20.2 Å². The first kappa shape index (κ1) is 19.2. The van der Waals surface area contributed by atoms with Gasteiger partial charge in [-0.25, -0.2) is 9.48 Å². The molecule has 0 saturated carbocycles. The molecule has 0 saturated heterocycles. The molecule has 1 amide bonds. The SMILES string of the molecule is CCCn1nnnc1COC(=O)c1ccccc1C(=O)N(C)c1ccccc1. The average molecular weight is 379 g/mol. The lowest BCUT2D eigenvalue weighted by Crippen LogP contribution is -2.28. The van der Waals surface area contributed by atoms with E-state index >= 15 is 0 Å². The van der Waals surface area contributed by atoms with Gasteiger partial charge in [0.15, 0.2) is 12.4 Å². The average Bonchev–Trinajstić information content (AvgIpc) is 3.19. The van der Waals surface area contributed by atoms with Gasteiger partial charge in [-0.05, 0) is 41.1 Å². The molecule has 0 unspecified atom stereocenters. The minimum Gasteiger partial charge on any atom is -0.454 e. The number of hydrogen-bond acceptors (Lipinski definition) is 6. The molecule has 0 bridgehead atoms. The number of aryl methyl sites for hydroxylation is 1. The number of para-hydroxylation sites is 1. The molecule has 8 heteroatoms. The Morgan fingerprint density at radius 1 is 1.04 bits per heavy atom. The fraction of sp³-hybridized carbons (Fsp3) is 0.250. The van der Waals surface area contributed by atoms with Gasteiger partial charge in [-0.2, -0.15) is 0 Å². The van der Waals surface area contributed by atoms with E-state index in [0.717, 1.165) is 12.1 Å². The van der Waals surface area contributed by atoms with Crippen molar-refractivity contribution in [2.24, 2.45) is 0 Å². The Morgan fingerprint density at radius 3 is 2.43 bits per heavy atom. The van der Waals surface area contributed by atoms with E-state index in [9.17, 15) is 9.59 Å². The zero-order chi connectivity index (χ0) is 19.9. The fourth-order valence-corrected chi connectivity index (χ4v) is 2.72. The standard InChI is InChI=1S/C20H21N5O3/c1-3-13-25-18(21-22-23-25)14-28-20(27)17-12-8-7-11-16(17)19(26)24(2)15-9-5-4-6-10-15/h4-12H,3,13-14H2,1-2H3. The van der Waals surface area contributed by atoms with Gasteiger partial charge in [-0.3, -0.25) is 4.79 Å². The fourth-order valence-electron chi connectivity index (χ4n) is 2.72. The topological polar surface area (TPSA) is 90.2 Å². The van der Waals surface area contributed by atoms with E-state index in [1.807, 2.05) is 37.3 Å². The molecular formula is C20H21N5O3. The second kappa shape index (κ2) is 8.90. The first-order chi connectivity index (χ1) is 13.6. The van der Waals surface area contributed by atoms with Crippen molar-refractivity contribution < 1.29 is 14.3 Å². The number of tetrazole rings is 1. The summed E-state index contributed by atoms with van der Waals surface area (Å²) in [5.41, 5.74) is 1.20. The summed E-state index contributed by atoms with van der Waals surface area (Å²) in [4.78, 5) is 27.0. The van der Waals surface area contributed by atoms with Crippen LogP contribution >= 0.6 is 0 Å². The summed E-state index contributed by atoms with van der Waals surface area (Å²) in [7, 11) is 1.67. The van der Waals surface area contributed by atoms with Gasteiger partial charge in [0.1, 0.15) is 0 Å². The number of benzene rings is 2. The minimum absolute atomic E-state index is 0.0666. The largest absolute Gasteiger partial charge is 0.454 e. The van der Waals surface area contributed by atoms with Crippen molar-refractivity contribution in [1.29, 1.82) is 0 Å². The first-order valence-corrected chi connectivity index (χ1v) is 8.96. The predicted molar refractivity (Wildman–Crippen MR) is 103 cm³/mol. The normalized spacial score (nSPS) is 10.5. The number of carbonyl (C=O) groups excluding carboxylic acids is 2. The maximum Gasteiger partial charge on any atom is 0.339 e. The van der Waals surface area contributed by atoms with E-state index in [4.69, 9.17) is 4.74 Å².